The fourth-order valence-electron chi connectivity index (χ4n) is 0.575. The van der Waals surface area contributed by atoms with E-state index in [2.05, 4.69) is 5.32 Å². The number of Topliss-reactive ketones (excluding diaryl/α,β-unsaturated/α-hetero) is 1. The van der Waals surface area contributed by atoms with Gasteiger partial charge in [-0.1, -0.05) is 6.92 Å². The molecule has 0 heterocycles. The van der Waals surface area contributed by atoms with Gasteiger partial charge in [0, 0.05) is 0 Å². The van der Waals surface area contributed by atoms with Crippen LogP contribution in [0, 0.1) is 0 Å². The molecule has 0 amide bonds. The summed E-state index contributed by atoms with van der Waals surface area (Å²) in [6, 6.07) is 0. The molecule has 0 aliphatic rings. The first-order valence-electron chi connectivity index (χ1n) is 4.00. The number of hydrogen-bond acceptors (Lipinski definition) is 3. The van der Waals surface area contributed by atoms with Crippen LogP contribution >= 0.6 is 0 Å². The largest absolute Gasteiger partial charge is 0.371 e. The van der Waals surface area contributed by atoms with Crippen LogP contribution in [0.25, 0.3) is 0 Å². The molecule has 0 aromatic carbocycles. The van der Waals surface area contributed by atoms with Gasteiger partial charge >= 0.3 is 0 Å². The fourth-order valence-corrected chi connectivity index (χ4v) is 0.575. The molecule has 0 rings (SSSR count). The van der Waals surface area contributed by atoms with E-state index < -0.39 is 0 Å². The monoisotopic (exact) mass is 159 g/mol. The van der Waals surface area contributed by atoms with Gasteiger partial charge in [-0.15, -0.1) is 0 Å². The molecular weight excluding hydrogens is 142 g/mol. The number of carbonyl (C=O) groups is 1. The third kappa shape index (κ3) is 7.49. The number of ether oxygens (including phenoxy) is 1. The lowest BCUT2D eigenvalue weighted by Gasteiger charge is -2.06. The minimum absolute atomic E-state index is 0.112. The lowest BCUT2D eigenvalue weighted by Crippen LogP contribution is -2.26. The number of carbonyl (C=O) groups excluding carboxylic acids is 1. The summed E-state index contributed by atoms with van der Waals surface area (Å²) in [6.07, 6.45) is 0.139. The Kier molecular flexibility index (Phi) is 6.07. The molecular formula is C8H17NO2. The first-order valence-corrected chi connectivity index (χ1v) is 4.00. The Labute approximate surface area is 68.1 Å². The standard InChI is InChI=1S/C8H17NO2/c1-4-9-5-8(10)6-11-7(2)3/h7,9H,4-6H2,1-3H3. The van der Waals surface area contributed by atoms with E-state index >= 15 is 0 Å². The van der Waals surface area contributed by atoms with Crippen LogP contribution in [-0.2, 0) is 9.53 Å². The normalized spacial score (nSPS) is 10.5. The highest BCUT2D eigenvalue weighted by atomic mass is 16.5. The Balaban J connectivity index is 3.23. The second kappa shape index (κ2) is 6.31. The summed E-state index contributed by atoms with van der Waals surface area (Å²) in [5.74, 6) is 0.112. The molecule has 0 aliphatic carbocycles. The zero-order valence-corrected chi connectivity index (χ0v) is 7.52. The van der Waals surface area contributed by atoms with Gasteiger partial charge in [-0.3, -0.25) is 4.79 Å². The van der Waals surface area contributed by atoms with E-state index in [-0.39, 0.29) is 18.5 Å². The fraction of sp³-hybridized carbons (Fsp3) is 0.875. The van der Waals surface area contributed by atoms with E-state index in [0.29, 0.717) is 6.54 Å². The molecule has 3 nitrogen and oxygen atoms in total. The smallest absolute Gasteiger partial charge is 0.172 e. The van der Waals surface area contributed by atoms with Crippen molar-refractivity contribution in [1.82, 2.24) is 5.32 Å². The van der Waals surface area contributed by atoms with E-state index in [9.17, 15) is 4.79 Å². The molecule has 0 radical (unpaired) electrons. The van der Waals surface area contributed by atoms with E-state index in [0.717, 1.165) is 6.54 Å². The Morgan fingerprint density at radius 3 is 2.64 bits per heavy atom. The van der Waals surface area contributed by atoms with Crippen LogP contribution in [0.4, 0.5) is 0 Å². The van der Waals surface area contributed by atoms with Crippen molar-refractivity contribution in [3.05, 3.63) is 0 Å². The van der Waals surface area contributed by atoms with Crippen LogP contribution in [0.2, 0.25) is 0 Å². The van der Waals surface area contributed by atoms with Crippen molar-refractivity contribution in [1.29, 1.82) is 0 Å². The number of ketones is 1. The quantitative estimate of drug-likeness (QED) is 0.616. The van der Waals surface area contributed by atoms with Crippen LogP contribution < -0.4 is 5.32 Å². The van der Waals surface area contributed by atoms with E-state index in [1.54, 1.807) is 0 Å². The average Bonchev–Trinajstić information content (AvgIpc) is 1.97. The Hall–Kier alpha value is -0.410. The minimum Gasteiger partial charge on any atom is -0.371 e. The average molecular weight is 159 g/mol. The Morgan fingerprint density at radius 2 is 2.18 bits per heavy atom. The maximum atomic E-state index is 10.9. The molecule has 0 saturated heterocycles. The molecule has 66 valence electrons. The van der Waals surface area contributed by atoms with Gasteiger partial charge in [0.25, 0.3) is 0 Å². The summed E-state index contributed by atoms with van der Waals surface area (Å²) in [4.78, 5) is 10.9. The van der Waals surface area contributed by atoms with Crippen LogP contribution in [0.15, 0.2) is 0 Å². The third-order valence-electron chi connectivity index (χ3n) is 1.15. The van der Waals surface area contributed by atoms with Crippen molar-refractivity contribution in [3.63, 3.8) is 0 Å². The highest BCUT2D eigenvalue weighted by molar-refractivity contribution is 5.81. The van der Waals surface area contributed by atoms with Crippen molar-refractivity contribution in [2.24, 2.45) is 0 Å². The molecule has 0 saturated carbocycles. The highest BCUT2D eigenvalue weighted by Gasteiger charge is 2.01. The number of nitrogens with one attached hydrogen (secondary N) is 1. The third-order valence-corrected chi connectivity index (χ3v) is 1.15. The van der Waals surface area contributed by atoms with Crippen molar-refractivity contribution in [2.75, 3.05) is 19.7 Å². The van der Waals surface area contributed by atoms with Crippen LogP contribution in [-0.4, -0.2) is 31.6 Å². The second-order valence-corrected chi connectivity index (χ2v) is 2.68. The van der Waals surface area contributed by atoms with Crippen molar-refractivity contribution in [3.8, 4) is 0 Å². The number of likely N-dealkylation sites (N-methyl/N-ethyl adjacent to an activating group) is 1. The van der Waals surface area contributed by atoms with Crippen molar-refractivity contribution in [2.45, 2.75) is 26.9 Å². The maximum Gasteiger partial charge on any atom is 0.172 e. The summed E-state index contributed by atoms with van der Waals surface area (Å²) in [6.45, 7) is 7.28. The zero-order chi connectivity index (χ0) is 8.69. The SMILES string of the molecule is CCNCC(=O)COC(C)C. The molecule has 3 heteroatoms. The molecule has 0 aromatic rings. The first kappa shape index (κ1) is 10.6. The Morgan fingerprint density at radius 1 is 1.55 bits per heavy atom. The summed E-state index contributed by atoms with van der Waals surface area (Å²) in [5.41, 5.74) is 0. The Bertz CT molecular complexity index is 113. The van der Waals surface area contributed by atoms with Crippen LogP contribution in [0.1, 0.15) is 20.8 Å². The summed E-state index contributed by atoms with van der Waals surface area (Å²) in [5, 5.41) is 2.94. The molecule has 0 aliphatic heterocycles. The second-order valence-electron chi connectivity index (χ2n) is 2.68. The molecule has 0 spiro atoms. The molecule has 1 N–H and O–H groups in total. The molecule has 11 heavy (non-hydrogen) atoms. The lowest BCUT2D eigenvalue weighted by molar-refractivity contribution is -0.124. The summed E-state index contributed by atoms with van der Waals surface area (Å²) in [7, 11) is 0. The van der Waals surface area contributed by atoms with Gasteiger partial charge in [-0.05, 0) is 20.4 Å². The topological polar surface area (TPSA) is 38.3 Å². The van der Waals surface area contributed by atoms with Gasteiger partial charge < -0.3 is 10.1 Å². The van der Waals surface area contributed by atoms with Gasteiger partial charge in [-0.2, -0.15) is 0 Å². The maximum absolute atomic E-state index is 10.9. The van der Waals surface area contributed by atoms with E-state index in [4.69, 9.17) is 4.74 Å². The van der Waals surface area contributed by atoms with Crippen molar-refractivity contribution >= 4 is 5.78 Å². The molecule has 0 fully saturated rings. The summed E-state index contributed by atoms with van der Waals surface area (Å²) >= 11 is 0. The van der Waals surface area contributed by atoms with Gasteiger partial charge in [0.2, 0.25) is 0 Å². The van der Waals surface area contributed by atoms with E-state index in [1.807, 2.05) is 20.8 Å². The lowest BCUT2D eigenvalue weighted by atomic mass is 10.4. The van der Waals surface area contributed by atoms with Crippen LogP contribution in [0.5, 0.6) is 0 Å². The van der Waals surface area contributed by atoms with Gasteiger partial charge in [0.05, 0.1) is 12.6 Å². The predicted octanol–water partition coefficient (Wildman–Crippen LogP) is 0.590. The highest BCUT2D eigenvalue weighted by Crippen LogP contribution is 1.86. The molecule has 0 aromatic heterocycles. The van der Waals surface area contributed by atoms with Gasteiger partial charge in [-0.25, -0.2) is 0 Å². The van der Waals surface area contributed by atoms with Crippen molar-refractivity contribution < 1.29 is 9.53 Å². The van der Waals surface area contributed by atoms with Crippen LogP contribution in [0.3, 0.4) is 0 Å². The molecule has 0 atom stereocenters. The molecule has 0 unspecified atom stereocenters. The number of hydrogen-bond donors (Lipinski definition) is 1. The number of rotatable bonds is 6. The summed E-state index contributed by atoms with van der Waals surface area (Å²) < 4.78 is 5.11. The zero-order valence-electron chi connectivity index (χ0n) is 7.52. The molecule has 0 bridgehead atoms. The van der Waals surface area contributed by atoms with Gasteiger partial charge in [0.15, 0.2) is 5.78 Å². The first-order chi connectivity index (χ1) is 5.16. The van der Waals surface area contributed by atoms with Gasteiger partial charge in [0.1, 0.15) is 6.61 Å². The predicted molar refractivity (Wildman–Crippen MR) is 44.6 cm³/mol. The van der Waals surface area contributed by atoms with E-state index in [1.165, 1.54) is 0 Å². The minimum atomic E-state index is 0.112.